The average molecular weight is 308 g/mol. The lowest BCUT2D eigenvalue weighted by molar-refractivity contribution is -0.655. The maximum atomic E-state index is 5.35. The lowest BCUT2D eigenvalue weighted by Crippen LogP contribution is -2.84. The van der Waals surface area contributed by atoms with Gasteiger partial charge in [-0.1, -0.05) is 33.8 Å². The Bertz CT molecular complexity index is 438. The Kier molecular flexibility index (Phi) is 7.74. The summed E-state index contributed by atoms with van der Waals surface area (Å²) in [6.07, 6.45) is 3.66. The predicted molar refractivity (Wildman–Crippen MR) is 92.8 cm³/mol. The Balaban J connectivity index is 2.27. The summed E-state index contributed by atoms with van der Waals surface area (Å²) >= 11 is 0. The largest absolute Gasteiger partial charge is 0.493 e. The van der Waals surface area contributed by atoms with E-state index in [0.29, 0.717) is 5.41 Å². The highest BCUT2D eigenvalue weighted by Crippen LogP contribution is 2.27. The van der Waals surface area contributed by atoms with Crippen LogP contribution in [0, 0.1) is 11.3 Å². The molecule has 1 atom stereocenters. The lowest BCUT2D eigenvalue weighted by atomic mass is 9.84. The van der Waals surface area contributed by atoms with E-state index in [9.17, 15) is 0 Å². The molecular weight excluding hydrogens is 274 g/mol. The summed E-state index contributed by atoms with van der Waals surface area (Å²) in [5, 5.41) is 2.43. The minimum Gasteiger partial charge on any atom is -0.493 e. The van der Waals surface area contributed by atoms with E-state index in [1.54, 1.807) is 14.2 Å². The number of ether oxygens (including phenoxy) is 2. The van der Waals surface area contributed by atoms with Gasteiger partial charge in [0.2, 0.25) is 0 Å². The summed E-state index contributed by atoms with van der Waals surface area (Å²) in [7, 11) is 3.36. The lowest BCUT2D eigenvalue weighted by Gasteiger charge is -2.22. The van der Waals surface area contributed by atoms with Crippen molar-refractivity contribution in [3.05, 3.63) is 23.8 Å². The van der Waals surface area contributed by atoms with E-state index in [4.69, 9.17) is 9.47 Å². The van der Waals surface area contributed by atoms with Gasteiger partial charge in [-0.05, 0) is 41.9 Å². The van der Waals surface area contributed by atoms with Gasteiger partial charge in [0.05, 0.1) is 27.3 Å². The maximum Gasteiger partial charge on any atom is 0.160 e. The molecule has 0 saturated carbocycles. The van der Waals surface area contributed by atoms with Crippen molar-refractivity contribution in [3.8, 4) is 11.5 Å². The molecule has 1 rings (SSSR count). The van der Waals surface area contributed by atoms with Crippen molar-refractivity contribution in [1.82, 2.24) is 0 Å². The Hall–Kier alpha value is -1.22. The minimum absolute atomic E-state index is 0.444. The van der Waals surface area contributed by atoms with Gasteiger partial charge in [0.25, 0.3) is 0 Å². The molecule has 0 unspecified atom stereocenters. The highest BCUT2D eigenvalue weighted by molar-refractivity contribution is 5.42. The Morgan fingerprint density at radius 3 is 2.32 bits per heavy atom. The fourth-order valence-electron chi connectivity index (χ4n) is 3.00. The molecule has 0 bridgehead atoms. The number of methoxy groups -OCH3 is 2. The zero-order valence-corrected chi connectivity index (χ0v) is 15.2. The van der Waals surface area contributed by atoms with Crippen LogP contribution in [-0.4, -0.2) is 27.3 Å². The van der Waals surface area contributed by atoms with Crippen molar-refractivity contribution in [2.24, 2.45) is 11.3 Å². The average Bonchev–Trinajstić information content (AvgIpc) is 2.44. The van der Waals surface area contributed by atoms with Crippen LogP contribution in [0.5, 0.6) is 11.5 Å². The third-order valence-electron chi connectivity index (χ3n) is 3.91. The molecule has 3 nitrogen and oxygen atoms in total. The first-order valence-corrected chi connectivity index (χ1v) is 8.38. The molecule has 0 saturated heterocycles. The molecule has 0 amide bonds. The van der Waals surface area contributed by atoms with E-state index in [-0.39, 0.29) is 0 Å². The smallest absolute Gasteiger partial charge is 0.160 e. The van der Waals surface area contributed by atoms with E-state index < -0.39 is 0 Å². The molecule has 0 aliphatic rings. The summed E-state index contributed by atoms with van der Waals surface area (Å²) in [5.74, 6) is 2.42. The molecule has 22 heavy (non-hydrogen) atoms. The summed E-state index contributed by atoms with van der Waals surface area (Å²) in [6.45, 7) is 11.7. The van der Waals surface area contributed by atoms with E-state index in [0.717, 1.165) is 30.4 Å². The van der Waals surface area contributed by atoms with Gasteiger partial charge in [-0.2, -0.15) is 0 Å². The molecular formula is C19H34NO2+. The quantitative estimate of drug-likeness (QED) is 0.711. The van der Waals surface area contributed by atoms with Gasteiger partial charge in [0.15, 0.2) is 11.5 Å². The third-order valence-corrected chi connectivity index (χ3v) is 3.91. The maximum absolute atomic E-state index is 5.35. The van der Waals surface area contributed by atoms with Gasteiger partial charge in [0.1, 0.15) is 0 Å². The predicted octanol–water partition coefficient (Wildman–Crippen LogP) is 3.27. The highest BCUT2D eigenvalue weighted by Gasteiger charge is 2.15. The van der Waals surface area contributed by atoms with Crippen molar-refractivity contribution >= 4 is 0 Å². The van der Waals surface area contributed by atoms with Crippen molar-refractivity contribution in [3.63, 3.8) is 0 Å². The van der Waals surface area contributed by atoms with Crippen molar-refractivity contribution in [2.45, 2.75) is 47.0 Å². The zero-order chi connectivity index (χ0) is 16.6. The summed E-state index contributed by atoms with van der Waals surface area (Å²) in [5.41, 5.74) is 1.75. The zero-order valence-electron chi connectivity index (χ0n) is 15.2. The second-order valence-corrected chi connectivity index (χ2v) is 7.46. The van der Waals surface area contributed by atoms with Gasteiger partial charge in [-0.3, -0.25) is 0 Å². The number of benzene rings is 1. The van der Waals surface area contributed by atoms with E-state index >= 15 is 0 Å². The van der Waals surface area contributed by atoms with Crippen LogP contribution in [0.3, 0.4) is 0 Å². The van der Waals surface area contributed by atoms with E-state index in [1.165, 1.54) is 24.9 Å². The second-order valence-electron chi connectivity index (χ2n) is 7.46. The molecule has 0 aliphatic heterocycles. The minimum atomic E-state index is 0.444. The van der Waals surface area contributed by atoms with Crippen LogP contribution >= 0.6 is 0 Å². The summed E-state index contributed by atoms with van der Waals surface area (Å²) in [4.78, 5) is 0. The van der Waals surface area contributed by atoms with Crippen LogP contribution in [-0.2, 0) is 6.42 Å². The van der Waals surface area contributed by atoms with Crippen LogP contribution < -0.4 is 14.8 Å². The molecule has 1 aromatic carbocycles. The number of quaternary nitrogens is 1. The summed E-state index contributed by atoms with van der Waals surface area (Å²) < 4.78 is 10.6. The van der Waals surface area contributed by atoms with Crippen molar-refractivity contribution in [1.29, 1.82) is 0 Å². The monoisotopic (exact) mass is 308 g/mol. The summed E-state index contributed by atoms with van der Waals surface area (Å²) in [6, 6.07) is 6.19. The van der Waals surface area contributed by atoms with Gasteiger partial charge >= 0.3 is 0 Å². The van der Waals surface area contributed by atoms with Gasteiger partial charge in [-0.25, -0.2) is 0 Å². The van der Waals surface area contributed by atoms with E-state index in [2.05, 4.69) is 45.1 Å². The molecule has 0 radical (unpaired) electrons. The fourth-order valence-corrected chi connectivity index (χ4v) is 3.00. The van der Waals surface area contributed by atoms with Gasteiger partial charge < -0.3 is 14.8 Å². The molecule has 0 fully saturated rings. The van der Waals surface area contributed by atoms with Gasteiger partial charge in [-0.15, -0.1) is 0 Å². The molecule has 0 spiro atoms. The van der Waals surface area contributed by atoms with Crippen LogP contribution in [0.15, 0.2) is 18.2 Å². The molecule has 126 valence electrons. The van der Waals surface area contributed by atoms with Crippen LogP contribution in [0.1, 0.15) is 46.1 Å². The number of rotatable bonds is 9. The Morgan fingerprint density at radius 2 is 1.73 bits per heavy atom. The molecule has 1 aromatic rings. The normalized spacial score (nSPS) is 13.0. The van der Waals surface area contributed by atoms with Crippen LogP contribution in [0.25, 0.3) is 0 Å². The van der Waals surface area contributed by atoms with Crippen LogP contribution in [0.4, 0.5) is 0 Å². The van der Waals surface area contributed by atoms with E-state index in [1.807, 2.05) is 6.07 Å². The standard InChI is InChI=1S/C19H33NO2/c1-15(14-19(2,3)4)9-11-20-12-10-16-7-8-17(21-5)18(13-16)22-6/h7-8,13,15,20H,9-12,14H2,1-6H3/p+1/t15-/m0/s1. The number of nitrogens with two attached hydrogens (primary N) is 1. The number of hydrogen-bond acceptors (Lipinski definition) is 2. The first kappa shape index (κ1) is 18.8. The third kappa shape index (κ3) is 7.17. The fraction of sp³-hybridized carbons (Fsp3) is 0.684. The number of hydrogen-bond donors (Lipinski definition) is 1. The second kappa shape index (κ2) is 9.04. The Morgan fingerprint density at radius 1 is 1.05 bits per heavy atom. The SMILES string of the molecule is COc1ccc(CC[NH2+]CC[C@H](C)CC(C)(C)C)cc1OC. The van der Waals surface area contributed by atoms with Crippen molar-refractivity contribution < 1.29 is 14.8 Å². The Labute approximate surface area is 136 Å². The first-order valence-electron chi connectivity index (χ1n) is 8.38. The first-order chi connectivity index (χ1) is 10.4. The van der Waals surface area contributed by atoms with Crippen LogP contribution in [0.2, 0.25) is 0 Å². The molecule has 0 heterocycles. The molecule has 3 heteroatoms. The van der Waals surface area contributed by atoms with Crippen molar-refractivity contribution in [2.75, 3.05) is 27.3 Å². The highest BCUT2D eigenvalue weighted by atomic mass is 16.5. The molecule has 0 aromatic heterocycles. The topological polar surface area (TPSA) is 35.1 Å². The molecule has 2 N–H and O–H groups in total. The molecule has 0 aliphatic carbocycles. The van der Waals surface area contributed by atoms with Gasteiger partial charge in [0, 0.05) is 6.42 Å².